The number of ketones is 1. The van der Waals surface area contributed by atoms with Crippen molar-refractivity contribution < 1.29 is 9.00 Å². The highest BCUT2D eigenvalue weighted by molar-refractivity contribution is 7.85. The van der Waals surface area contributed by atoms with Crippen molar-refractivity contribution in [3.8, 4) is 0 Å². The zero-order chi connectivity index (χ0) is 12.8. The highest BCUT2D eigenvalue weighted by Gasteiger charge is 2.08. The molecule has 1 atom stereocenters. The molecule has 0 fully saturated rings. The predicted octanol–water partition coefficient (Wildman–Crippen LogP) is 3.17. The molecule has 0 saturated carbocycles. The zero-order valence-corrected chi connectivity index (χ0v) is 11.6. The third kappa shape index (κ3) is 4.43. The number of hydrogen-bond donors (Lipinski definition) is 0. The molecule has 0 amide bonds. The lowest BCUT2D eigenvalue weighted by Gasteiger charge is -2.06. The van der Waals surface area contributed by atoms with Crippen LogP contribution in [0.25, 0.3) is 0 Å². The Kier molecular flexibility index (Phi) is 5.56. The minimum atomic E-state index is -0.976. The van der Waals surface area contributed by atoms with Crippen LogP contribution in [0.2, 0.25) is 0 Å². The summed E-state index contributed by atoms with van der Waals surface area (Å²) in [4.78, 5) is 12.1. The molecule has 1 rings (SSSR count). The molecule has 1 unspecified atom stereocenters. The Balaban J connectivity index is 2.58. The Hall–Kier alpha value is -0.960. The van der Waals surface area contributed by atoms with Crippen LogP contribution in [0.15, 0.2) is 23.1 Å². The molecule has 2 nitrogen and oxygen atoms in total. The van der Waals surface area contributed by atoms with Gasteiger partial charge in [0, 0.05) is 23.5 Å². The van der Waals surface area contributed by atoms with Gasteiger partial charge < -0.3 is 0 Å². The Morgan fingerprint density at radius 2 is 2.00 bits per heavy atom. The first-order valence-electron chi connectivity index (χ1n) is 6.02. The van der Waals surface area contributed by atoms with E-state index in [1.807, 2.05) is 39.0 Å². The molecule has 3 heteroatoms. The molecular weight excluding hydrogens is 232 g/mol. The third-order valence-electron chi connectivity index (χ3n) is 2.77. The topological polar surface area (TPSA) is 34.1 Å². The summed E-state index contributed by atoms with van der Waals surface area (Å²) in [6, 6.07) is 6.00. The fraction of sp³-hybridized carbons (Fsp3) is 0.500. The van der Waals surface area contributed by atoms with Crippen LogP contribution in [0, 0.1) is 13.8 Å². The minimum absolute atomic E-state index is 0.253. The largest absolute Gasteiger partial charge is 0.300 e. The molecule has 0 bridgehead atoms. The van der Waals surface area contributed by atoms with Gasteiger partial charge in [0.15, 0.2) is 0 Å². The maximum Gasteiger partial charge on any atom is 0.132 e. The van der Waals surface area contributed by atoms with Crippen LogP contribution in [-0.4, -0.2) is 15.7 Å². The van der Waals surface area contributed by atoms with E-state index < -0.39 is 10.8 Å². The summed E-state index contributed by atoms with van der Waals surface area (Å²) >= 11 is 0. The van der Waals surface area contributed by atoms with Gasteiger partial charge in [-0.25, -0.2) is 0 Å². The number of carbonyl (C=O) groups excluding carboxylic acids is 1. The molecule has 1 aromatic carbocycles. The molecule has 0 aliphatic carbocycles. The van der Waals surface area contributed by atoms with E-state index in [2.05, 4.69) is 0 Å². The van der Waals surface area contributed by atoms with Crippen molar-refractivity contribution in [3.63, 3.8) is 0 Å². The number of benzene rings is 1. The van der Waals surface area contributed by atoms with Gasteiger partial charge in [0.05, 0.1) is 10.8 Å². The van der Waals surface area contributed by atoms with Crippen molar-refractivity contribution in [2.75, 3.05) is 5.75 Å². The van der Waals surface area contributed by atoms with E-state index >= 15 is 0 Å². The molecule has 1 aromatic rings. The predicted molar refractivity (Wildman–Crippen MR) is 71.7 cm³/mol. The molecule has 0 spiro atoms. The van der Waals surface area contributed by atoms with Gasteiger partial charge in [0.2, 0.25) is 0 Å². The molecule has 17 heavy (non-hydrogen) atoms. The fourth-order valence-electron chi connectivity index (χ4n) is 1.64. The summed E-state index contributed by atoms with van der Waals surface area (Å²) in [5.41, 5.74) is 2.19. The summed E-state index contributed by atoms with van der Waals surface area (Å²) < 4.78 is 12.1. The first-order chi connectivity index (χ1) is 8.04. The van der Waals surface area contributed by atoms with E-state index in [-0.39, 0.29) is 5.78 Å². The first kappa shape index (κ1) is 14.1. The van der Waals surface area contributed by atoms with Gasteiger partial charge in [-0.2, -0.15) is 0 Å². The van der Waals surface area contributed by atoms with Crippen molar-refractivity contribution in [2.24, 2.45) is 0 Å². The van der Waals surface area contributed by atoms with Crippen molar-refractivity contribution in [1.29, 1.82) is 0 Å². The average molecular weight is 252 g/mol. The van der Waals surface area contributed by atoms with Gasteiger partial charge in [0.1, 0.15) is 5.78 Å². The van der Waals surface area contributed by atoms with Gasteiger partial charge in [0.25, 0.3) is 0 Å². The van der Waals surface area contributed by atoms with E-state index in [9.17, 15) is 9.00 Å². The second kappa shape index (κ2) is 6.70. The third-order valence-corrected chi connectivity index (χ3v) is 4.36. The normalized spacial score (nSPS) is 12.4. The van der Waals surface area contributed by atoms with Crippen molar-refractivity contribution in [1.82, 2.24) is 0 Å². The molecule has 94 valence electrons. The maximum atomic E-state index is 12.1. The molecular formula is C14H20O2S. The highest BCUT2D eigenvalue weighted by Crippen LogP contribution is 2.16. The smallest absolute Gasteiger partial charge is 0.132 e. The standard InChI is InChI=1S/C14H20O2S/c1-4-13(15)6-5-9-17(16)14-10-11(2)7-8-12(14)3/h7-8,10H,4-6,9H2,1-3H3. The molecule has 0 aromatic heterocycles. The lowest BCUT2D eigenvalue weighted by Crippen LogP contribution is -2.04. The van der Waals surface area contributed by atoms with Gasteiger partial charge in [-0.15, -0.1) is 0 Å². The van der Waals surface area contributed by atoms with Crippen molar-refractivity contribution >= 4 is 16.6 Å². The highest BCUT2D eigenvalue weighted by atomic mass is 32.2. The van der Waals surface area contributed by atoms with Crippen LogP contribution < -0.4 is 0 Å². The Morgan fingerprint density at radius 1 is 1.29 bits per heavy atom. The fourth-order valence-corrected chi connectivity index (χ4v) is 3.01. The SMILES string of the molecule is CCC(=O)CCCS(=O)c1cc(C)ccc1C. The Morgan fingerprint density at radius 3 is 2.65 bits per heavy atom. The van der Waals surface area contributed by atoms with Crippen molar-refractivity contribution in [2.45, 2.75) is 44.9 Å². The summed E-state index contributed by atoms with van der Waals surface area (Å²) in [7, 11) is -0.976. The molecule has 0 N–H and O–H groups in total. The summed E-state index contributed by atoms with van der Waals surface area (Å²) in [6.45, 7) is 5.84. The van der Waals surface area contributed by atoms with Crippen LogP contribution in [-0.2, 0) is 15.6 Å². The van der Waals surface area contributed by atoms with Gasteiger partial charge in [-0.1, -0.05) is 19.1 Å². The Bertz CT molecular complexity index is 424. The number of hydrogen-bond acceptors (Lipinski definition) is 2. The quantitative estimate of drug-likeness (QED) is 0.779. The maximum absolute atomic E-state index is 12.1. The van der Waals surface area contributed by atoms with E-state index in [0.29, 0.717) is 25.0 Å². The van der Waals surface area contributed by atoms with E-state index in [1.165, 1.54) is 0 Å². The second-order valence-corrected chi connectivity index (χ2v) is 5.85. The number of aryl methyl sites for hydroxylation is 2. The molecule has 0 radical (unpaired) electrons. The van der Waals surface area contributed by atoms with Gasteiger partial charge in [-0.3, -0.25) is 9.00 Å². The van der Waals surface area contributed by atoms with Crippen LogP contribution in [0.4, 0.5) is 0 Å². The van der Waals surface area contributed by atoms with Gasteiger partial charge in [-0.05, 0) is 37.5 Å². The summed E-state index contributed by atoms with van der Waals surface area (Å²) in [5, 5.41) is 0. The zero-order valence-electron chi connectivity index (χ0n) is 10.8. The number of carbonyl (C=O) groups is 1. The van der Waals surface area contributed by atoms with Crippen LogP contribution in [0.5, 0.6) is 0 Å². The summed E-state index contributed by atoms with van der Waals surface area (Å²) in [5.74, 6) is 0.832. The van der Waals surface area contributed by atoms with Crippen molar-refractivity contribution in [3.05, 3.63) is 29.3 Å². The van der Waals surface area contributed by atoms with E-state index in [0.717, 1.165) is 16.0 Å². The monoisotopic (exact) mass is 252 g/mol. The first-order valence-corrected chi connectivity index (χ1v) is 7.33. The lowest BCUT2D eigenvalue weighted by atomic mass is 10.2. The van der Waals surface area contributed by atoms with E-state index in [4.69, 9.17) is 0 Å². The molecule has 0 saturated heterocycles. The summed E-state index contributed by atoms with van der Waals surface area (Å²) in [6.07, 6.45) is 1.84. The van der Waals surface area contributed by atoms with Gasteiger partial charge >= 0.3 is 0 Å². The number of Topliss-reactive ketones (excluding diaryl/α,β-unsaturated/α-hetero) is 1. The van der Waals surface area contributed by atoms with Crippen LogP contribution in [0.1, 0.15) is 37.3 Å². The minimum Gasteiger partial charge on any atom is -0.300 e. The average Bonchev–Trinajstić information content (AvgIpc) is 2.31. The molecule has 0 aliphatic rings. The number of rotatable bonds is 6. The van der Waals surface area contributed by atoms with Crippen LogP contribution >= 0.6 is 0 Å². The molecule has 0 heterocycles. The Labute approximate surface area is 106 Å². The lowest BCUT2D eigenvalue weighted by molar-refractivity contribution is -0.118. The second-order valence-electron chi connectivity index (χ2n) is 4.31. The molecule has 0 aliphatic heterocycles. The van der Waals surface area contributed by atoms with E-state index in [1.54, 1.807) is 0 Å². The van der Waals surface area contributed by atoms with Crippen LogP contribution in [0.3, 0.4) is 0 Å².